The number of ether oxygens (including phenoxy) is 4. The van der Waals surface area contributed by atoms with E-state index in [1.807, 2.05) is 38.1 Å². The van der Waals surface area contributed by atoms with Crippen molar-refractivity contribution in [3.05, 3.63) is 59.2 Å². The Morgan fingerprint density at radius 3 is 2.56 bits per heavy atom. The van der Waals surface area contributed by atoms with Gasteiger partial charge in [-0.2, -0.15) is 0 Å². The van der Waals surface area contributed by atoms with E-state index in [1.165, 1.54) is 6.07 Å². The number of primary sulfonamides is 1. The molecule has 0 radical (unpaired) electrons. The van der Waals surface area contributed by atoms with Gasteiger partial charge in [0.15, 0.2) is 0 Å². The predicted octanol–water partition coefficient (Wildman–Crippen LogP) is 5.07. The summed E-state index contributed by atoms with van der Waals surface area (Å²) in [4.78, 5) is 14.3. The van der Waals surface area contributed by atoms with E-state index < -0.39 is 15.8 Å². The van der Waals surface area contributed by atoms with E-state index in [2.05, 4.69) is 0 Å². The molecule has 2 N–H and O–H groups in total. The van der Waals surface area contributed by atoms with Crippen molar-refractivity contribution < 1.29 is 32.2 Å². The molecule has 2 aromatic carbocycles. The maximum atomic E-state index is 12.4. The number of nitrogens with zero attached hydrogens (tertiary/aromatic N) is 1. The third-order valence-electron chi connectivity index (χ3n) is 6.97. The van der Waals surface area contributed by atoms with Gasteiger partial charge in [0.25, 0.3) is 0 Å². The van der Waals surface area contributed by atoms with Gasteiger partial charge in [-0.25, -0.2) is 18.4 Å². The zero-order valence-electron chi connectivity index (χ0n) is 22.9. The van der Waals surface area contributed by atoms with Crippen LogP contribution in [0.4, 0.5) is 4.79 Å². The first-order valence-electron chi connectivity index (χ1n) is 13.7. The average Bonchev–Trinajstić information content (AvgIpc) is 3.26. The molecule has 0 saturated carbocycles. The Bertz CT molecular complexity index is 1230. The van der Waals surface area contributed by atoms with Crippen LogP contribution in [-0.2, 0) is 37.3 Å². The summed E-state index contributed by atoms with van der Waals surface area (Å²) in [7, 11) is -3.66. The molecule has 9 nitrogen and oxygen atoms in total. The summed E-state index contributed by atoms with van der Waals surface area (Å²) >= 11 is 0. The Morgan fingerprint density at radius 2 is 1.79 bits per heavy atom. The number of rotatable bonds is 14. The minimum Gasteiger partial charge on any atom is -0.463 e. The minimum atomic E-state index is -3.66. The highest BCUT2D eigenvalue weighted by atomic mass is 32.2. The Hall–Kier alpha value is -2.66. The molecular weight excluding hydrogens is 520 g/mol. The van der Waals surface area contributed by atoms with Gasteiger partial charge >= 0.3 is 6.09 Å². The van der Waals surface area contributed by atoms with Gasteiger partial charge in [0.2, 0.25) is 15.8 Å². The maximum absolute atomic E-state index is 12.4. The molecule has 214 valence electrons. The molecule has 2 aliphatic rings. The number of benzene rings is 2. The van der Waals surface area contributed by atoms with Gasteiger partial charge < -0.3 is 23.8 Å². The number of hydrogen-bond donors (Lipinski definition) is 1. The van der Waals surface area contributed by atoms with Gasteiger partial charge in [0, 0.05) is 39.2 Å². The fraction of sp³-hybridized carbons (Fsp3) is 0.552. The number of unbranched alkanes of at least 4 members (excludes halogenated alkanes) is 4. The SMILES string of the molecule is CC1(C)OCc2cc(C3CN(CCCCCOCCCCCc4cccc(S(N)(=O)=O)c4)C(=O)O3)ccc2O1. The second-order valence-corrected chi connectivity index (χ2v) is 12.2. The lowest BCUT2D eigenvalue weighted by Gasteiger charge is -2.32. The Morgan fingerprint density at radius 1 is 1.03 bits per heavy atom. The lowest BCUT2D eigenvalue weighted by Crippen LogP contribution is -2.35. The van der Waals surface area contributed by atoms with Gasteiger partial charge in [-0.05, 0) is 73.9 Å². The number of carbonyl (C=O) groups is 1. The standard InChI is InChI=1S/C29H40N2O7S/c1-29(2)36-21-24-19-23(13-14-26(24)38-29)27-20-31(28(32)37-27)15-6-4-8-17-35-16-7-3-5-10-22-11-9-12-25(18-22)39(30,33)34/h9,11-14,18-19,27H,3-8,10,15-17,20-21H2,1-2H3,(H2,30,33,34). The van der Waals surface area contributed by atoms with E-state index >= 15 is 0 Å². The van der Waals surface area contributed by atoms with E-state index in [9.17, 15) is 13.2 Å². The van der Waals surface area contributed by atoms with E-state index in [4.69, 9.17) is 24.1 Å². The summed E-state index contributed by atoms with van der Waals surface area (Å²) in [5.74, 6) is 0.178. The van der Waals surface area contributed by atoms with Crippen molar-refractivity contribution in [2.24, 2.45) is 5.14 Å². The summed E-state index contributed by atoms with van der Waals surface area (Å²) in [6, 6.07) is 12.7. The molecular formula is C29H40N2O7S. The number of nitrogens with two attached hydrogens (primary N) is 1. The summed E-state index contributed by atoms with van der Waals surface area (Å²) in [6.07, 6.45) is 6.06. The molecule has 1 amide bonds. The van der Waals surface area contributed by atoms with E-state index in [1.54, 1.807) is 17.0 Å². The molecule has 2 aliphatic heterocycles. The van der Waals surface area contributed by atoms with Gasteiger partial charge in [-0.1, -0.05) is 24.6 Å². The fourth-order valence-electron chi connectivity index (χ4n) is 4.80. The van der Waals surface area contributed by atoms with Crippen LogP contribution >= 0.6 is 0 Å². The van der Waals surface area contributed by atoms with Crippen molar-refractivity contribution >= 4 is 16.1 Å². The van der Waals surface area contributed by atoms with Crippen LogP contribution < -0.4 is 9.88 Å². The molecule has 4 rings (SSSR count). The van der Waals surface area contributed by atoms with Gasteiger partial charge in [-0.15, -0.1) is 0 Å². The number of hydrogen-bond acceptors (Lipinski definition) is 7. The topological polar surface area (TPSA) is 117 Å². The summed E-state index contributed by atoms with van der Waals surface area (Å²) in [6.45, 7) is 6.89. The zero-order valence-corrected chi connectivity index (χ0v) is 23.7. The number of carbonyl (C=O) groups excluding carboxylic acids is 1. The van der Waals surface area contributed by atoms with Gasteiger partial charge in [0.05, 0.1) is 18.0 Å². The summed E-state index contributed by atoms with van der Waals surface area (Å²) < 4.78 is 45.9. The molecule has 1 atom stereocenters. The summed E-state index contributed by atoms with van der Waals surface area (Å²) in [5.41, 5.74) is 2.91. The molecule has 39 heavy (non-hydrogen) atoms. The quantitative estimate of drug-likeness (QED) is 0.321. The molecule has 0 bridgehead atoms. The van der Waals surface area contributed by atoms with Crippen molar-refractivity contribution in [2.75, 3.05) is 26.3 Å². The monoisotopic (exact) mass is 560 g/mol. The third kappa shape index (κ3) is 8.66. The Kier molecular flexibility index (Phi) is 9.87. The van der Waals surface area contributed by atoms with Crippen LogP contribution in [0.2, 0.25) is 0 Å². The first-order valence-corrected chi connectivity index (χ1v) is 15.3. The molecule has 10 heteroatoms. The minimum absolute atomic E-state index is 0.162. The van der Waals surface area contributed by atoms with E-state index in [0.29, 0.717) is 32.9 Å². The zero-order chi connectivity index (χ0) is 27.9. The molecule has 0 aliphatic carbocycles. The first kappa shape index (κ1) is 29.3. The fourth-order valence-corrected chi connectivity index (χ4v) is 5.38. The van der Waals surface area contributed by atoms with Crippen LogP contribution in [0.3, 0.4) is 0 Å². The largest absolute Gasteiger partial charge is 0.463 e. The van der Waals surface area contributed by atoms with Crippen LogP contribution in [0, 0.1) is 0 Å². The second kappa shape index (κ2) is 13.1. The highest BCUT2D eigenvalue weighted by Gasteiger charge is 2.33. The van der Waals surface area contributed by atoms with Crippen molar-refractivity contribution in [1.29, 1.82) is 0 Å². The third-order valence-corrected chi connectivity index (χ3v) is 7.88. The number of amides is 1. The summed E-state index contributed by atoms with van der Waals surface area (Å²) in [5, 5.41) is 5.19. The first-order chi connectivity index (χ1) is 18.6. The molecule has 1 unspecified atom stereocenters. The van der Waals surface area contributed by atoms with Gasteiger partial charge in [0.1, 0.15) is 11.9 Å². The molecule has 2 aromatic rings. The molecule has 0 aromatic heterocycles. The predicted molar refractivity (Wildman–Crippen MR) is 147 cm³/mol. The average molecular weight is 561 g/mol. The second-order valence-electron chi connectivity index (χ2n) is 10.7. The van der Waals surface area contributed by atoms with E-state index in [0.717, 1.165) is 67.4 Å². The maximum Gasteiger partial charge on any atom is 0.410 e. The number of cyclic esters (lactones) is 1. The molecule has 1 saturated heterocycles. The van der Waals surface area contributed by atoms with Crippen LogP contribution in [0.15, 0.2) is 47.4 Å². The number of fused-ring (bicyclic) bond motifs is 1. The lowest BCUT2D eigenvalue weighted by atomic mass is 10.0. The highest BCUT2D eigenvalue weighted by Crippen LogP contribution is 2.35. The van der Waals surface area contributed by atoms with Crippen LogP contribution in [0.5, 0.6) is 5.75 Å². The van der Waals surface area contributed by atoms with Crippen molar-refractivity contribution in [3.63, 3.8) is 0 Å². The Balaban J connectivity index is 1.04. The van der Waals surface area contributed by atoms with Crippen molar-refractivity contribution in [1.82, 2.24) is 4.90 Å². The lowest BCUT2D eigenvalue weighted by molar-refractivity contribution is -0.180. The van der Waals surface area contributed by atoms with Crippen molar-refractivity contribution in [2.45, 2.75) is 82.2 Å². The Labute approximate surface area is 231 Å². The van der Waals surface area contributed by atoms with Gasteiger partial charge in [-0.3, -0.25) is 0 Å². The molecule has 0 spiro atoms. The molecule has 2 heterocycles. The van der Waals surface area contributed by atoms with Crippen LogP contribution in [0.1, 0.15) is 75.2 Å². The van der Waals surface area contributed by atoms with Crippen molar-refractivity contribution in [3.8, 4) is 5.75 Å². The van der Waals surface area contributed by atoms with Crippen LogP contribution in [0.25, 0.3) is 0 Å². The van der Waals surface area contributed by atoms with Crippen LogP contribution in [-0.4, -0.2) is 51.5 Å². The smallest absolute Gasteiger partial charge is 0.410 e. The number of aryl methyl sites for hydroxylation is 1. The molecule has 1 fully saturated rings. The normalized spacial score (nSPS) is 18.5. The highest BCUT2D eigenvalue weighted by molar-refractivity contribution is 7.89. The number of sulfonamides is 1. The van der Waals surface area contributed by atoms with E-state index in [-0.39, 0.29) is 17.1 Å².